The van der Waals surface area contributed by atoms with E-state index in [0.29, 0.717) is 35.9 Å². The summed E-state index contributed by atoms with van der Waals surface area (Å²) in [5, 5.41) is 9.05. The summed E-state index contributed by atoms with van der Waals surface area (Å²) < 4.78 is 16.4. The van der Waals surface area contributed by atoms with E-state index in [-0.39, 0.29) is 6.09 Å². The van der Waals surface area contributed by atoms with Gasteiger partial charge in [-0.15, -0.1) is 0 Å². The van der Waals surface area contributed by atoms with Crippen LogP contribution < -0.4 is 11.5 Å². The molecule has 0 saturated carbocycles. The number of rotatable bonds is 1. The van der Waals surface area contributed by atoms with Gasteiger partial charge in [-0.1, -0.05) is 38.4 Å². The third-order valence-electron chi connectivity index (χ3n) is 5.19. The van der Waals surface area contributed by atoms with Gasteiger partial charge in [0.15, 0.2) is 22.8 Å². The highest BCUT2D eigenvalue weighted by molar-refractivity contribution is 9.10. The molecule has 0 atom stereocenters. The third kappa shape index (κ3) is 5.33. The van der Waals surface area contributed by atoms with Gasteiger partial charge in [0.05, 0.1) is 10.8 Å². The van der Waals surface area contributed by atoms with Gasteiger partial charge in [0, 0.05) is 17.6 Å². The molecule has 10 heteroatoms. The molecule has 1 aliphatic heterocycles. The van der Waals surface area contributed by atoms with Crippen LogP contribution in [0.4, 0.5) is 16.4 Å². The van der Waals surface area contributed by atoms with Crippen molar-refractivity contribution in [3.63, 3.8) is 0 Å². The van der Waals surface area contributed by atoms with E-state index in [0.717, 1.165) is 27.2 Å². The molecule has 4 aromatic rings. The van der Waals surface area contributed by atoms with Crippen molar-refractivity contribution in [2.75, 3.05) is 24.6 Å². The zero-order valence-corrected chi connectivity index (χ0v) is 20.8. The predicted octanol–water partition coefficient (Wildman–Crippen LogP) is 5.61. The van der Waals surface area contributed by atoms with Crippen molar-refractivity contribution in [2.24, 2.45) is 0 Å². The average molecular weight is 528 g/mol. The molecule has 2 aromatic heterocycles. The Kier molecular flexibility index (Phi) is 6.52. The third-order valence-corrected chi connectivity index (χ3v) is 5.68. The molecule has 0 unspecified atom stereocenters. The molecule has 0 bridgehead atoms. The largest absolute Gasteiger partial charge is 0.444 e. The smallest absolute Gasteiger partial charge is 0.410 e. The number of carbonyl (C=O) groups excluding carboxylic acids is 1. The second-order valence-electron chi connectivity index (χ2n) is 8.89. The monoisotopic (exact) mass is 527 g/mol. The number of carbonyl (C=O) groups is 1. The zero-order valence-electron chi connectivity index (χ0n) is 19.2. The van der Waals surface area contributed by atoms with Gasteiger partial charge >= 0.3 is 6.09 Å². The van der Waals surface area contributed by atoms with Gasteiger partial charge < -0.3 is 30.2 Å². The van der Waals surface area contributed by atoms with Crippen molar-refractivity contribution in [1.82, 2.24) is 15.2 Å². The molecule has 9 nitrogen and oxygen atoms in total. The number of halogens is 1. The first-order valence-electron chi connectivity index (χ1n) is 10.7. The summed E-state index contributed by atoms with van der Waals surface area (Å²) in [5.74, 6) is 0.829. The number of fused-ring (bicyclic) bond motifs is 2. The Labute approximate surface area is 204 Å². The predicted molar refractivity (Wildman–Crippen MR) is 135 cm³/mol. The minimum atomic E-state index is -0.474. The van der Waals surface area contributed by atoms with Gasteiger partial charge in [-0.05, 0) is 68.7 Å². The van der Waals surface area contributed by atoms with Crippen LogP contribution in [0, 0.1) is 0 Å². The number of anilines is 2. The molecule has 2 aromatic carbocycles. The standard InChI is InChI=1S/C17H21N3O3.C7H5BrN2O/c1-17(2,3)22-16(21)20-8-6-11(7-9-20)12-4-5-14-13(10-12)15(18)19-23-14;8-4-1-2-6-5(3-4)7(9)10-11-6/h4-6,10H,7-9H2,1-3H3,(H2,18,19);1-3H,(H2,9,10). The van der Waals surface area contributed by atoms with Crippen molar-refractivity contribution < 1.29 is 18.6 Å². The average Bonchev–Trinajstić information content (AvgIpc) is 3.35. The number of ether oxygens (including phenoxy) is 1. The van der Waals surface area contributed by atoms with E-state index in [1.807, 2.05) is 57.2 Å². The van der Waals surface area contributed by atoms with Gasteiger partial charge in [0.25, 0.3) is 0 Å². The second kappa shape index (κ2) is 9.38. The number of benzene rings is 2. The first-order chi connectivity index (χ1) is 16.1. The molecule has 1 aliphatic rings. The van der Waals surface area contributed by atoms with Crippen molar-refractivity contribution in [3.8, 4) is 0 Å². The maximum absolute atomic E-state index is 12.1. The van der Waals surface area contributed by atoms with E-state index in [1.54, 1.807) is 4.90 Å². The normalized spacial score (nSPS) is 14.0. The van der Waals surface area contributed by atoms with E-state index >= 15 is 0 Å². The maximum Gasteiger partial charge on any atom is 0.410 e. The first-order valence-corrected chi connectivity index (χ1v) is 11.5. The number of nitrogens with two attached hydrogens (primary N) is 2. The van der Waals surface area contributed by atoms with Crippen LogP contribution in [0.15, 0.2) is 56.0 Å². The van der Waals surface area contributed by atoms with E-state index in [1.165, 1.54) is 5.57 Å². The van der Waals surface area contributed by atoms with Crippen LogP contribution in [0.25, 0.3) is 27.5 Å². The molecule has 1 amide bonds. The number of amides is 1. The minimum Gasteiger partial charge on any atom is -0.444 e. The summed E-state index contributed by atoms with van der Waals surface area (Å²) in [6.07, 6.45) is 2.56. The van der Waals surface area contributed by atoms with Gasteiger partial charge in [-0.25, -0.2) is 4.79 Å². The molecular formula is C24H26BrN5O4. The summed E-state index contributed by atoms with van der Waals surface area (Å²) in [4.78, 5) is 13.8. The fraction of sp³-hybridized carbons (Fsp3) is 0.292. The van der Waals surface area contributed by atoms with Crippen LogP contribution in [-0.2, 0) is 4.74 Å². The van der Waals surface area contributed by atoms with Crippen molar-refractivity contribution in [3.05, 3.63) is 52.5 Å². The van der Waals surface area contributed by atoms with Crippen molar-refractivity contribution in [1.29, 1.82) is 0 Å². The Morgan fingerprint density at radius 2 is 1.65 bits per heavy atom. The number of nitrogen functional groups attached to an aromatic ring is 2. The highest BCUT2D eigenvalue weighted by atomic mass is 79.9. The lowest BCUT2D eigenvalue weighted by Crippen LogP contribution is -2.39. The molecule has 0 saturated heterocycles. The van der Waals surface area contributed by atoms with Crippen molar-refractivity contribution >= 4 is 61.2 Å². The topological polar surface area (TPSA) is 134 Å². The molecule has 0 radical (unpaired) electrons. The SMILES string of the molecule is CC(C)(C)OC(=O)N1CC=C(c2ccc3onc(N)c3c2)CC1.Nc1noc2ccc(Br)cc12. The quantitative estimate of drug-likeness (QED) is 0.326. The fourth-order valence-corrected chi connectivity index (χ4v) is 3.87. The first kappa shape index (κ1) is 23.6. The minimum absolute atomic E-state index is 0.272. The van der Waals surface area contributed by atoms with E-state index in [4.69, 9.17) is 25.3 Å². The lowest BCUT2D eigenvalue weighted by Gasteiger charge is -2.29. The fourth-order valence-electron chi connectivity index (χ4n) is 3.51. The van der Waals surface area contributed by atoms with Gasteiger partial charge in [0.2, 0.25) is 0 Å². The Morgan fingerprint density at radius 1 is 1.03 bits per heavy atom. The lowest BCUT2D eigenvalue weighted by atomic mass is 9.98. The van der Waals surface area contributed by atoms with Crippen LogP contribution in [0.5, 0.6) is 0 Å². The highest BCUT2D eigenvalue weighted by Gasteiger charge is 2.24. The molecule has 0 spiro atoms. The van der Waals surface area contributed by atoms with E-state index < -0.39 is 5.60 Å². The van der Waals surface area contributed by atoms with Crippen LogP contribution in [0.1, 0.15) is 32.8 Å². The Morgan fingerprint density at radius 3 is 2.24 bits per heavy atom. The number of aromatic nitrogens is 2. The van der Waals surface area contributed by atoms with Gasteiger partial charge in [-0.3, -0.25) is 0 Å². The summed E-state index contributed by atoms with van der Waals surface area (Å²) in [6.45, 7) is 6.79. The molecule has 178 valence electrons. The maximum atomic E-state index is 12.1. The lowest BCUT2D eigenvalue weighted by molar-refractivity contribution is 0.0270. The van der Waals surface area contributed by atoms with Crippen LogP contribution in [-0.4, -0.2) is 40.0 Å². The molecular weight excluding hydrogens is 502 g/mol. The molecule has 5 rings (SSSR count). The molecule has 0 aliphatic carbocycles. The zero-order chi connectivity index (χ0) is 24.5. The second-order valence-corrected chi connectivity index (χ2v) is 9.81. The molecule has 0 fully saturated rings. The van der Waals surface area contributed by atoms with Gasteiger partial charge in [-0.2, -0.15) is 0 Å². The number of hydrogen-bond donors (Lipinski definition) is 2. The highest BCUT2D eigenvalue weighted by Crippen LogP contribution is 2.29. The van der Waals surface area contributed by atoms with Crippen molar-refractivity contribution in [2.45, 2.75) is 32.8 Å². The molecule has 4 N–H and O–H groups in total. The van der Waals surface area contributed by atoms with Gasteiger partial charge in [0.1, 0.15) is 5.60 Å². The summed E-state index contributed by atoms with van der Waals surface area (Å²) in [6, 6.07) is 11.4. The molecule has 3 heterocycles. The number of nitrogens with zero attached hydrogens (tertiary/aromatic N) is 3. The Bertz CT molecular complexity index is 1370. The summed E-state index contributed by atoms with van der Waals surface area (Å²) in [7, 11) is 0. The van der Waals surface area contributed by atoms with E-state index in [9.17, 15) is 4.79 Å². The Balaban J connectivity index is 0.000000207. The van der Waals surface area contributed by atoms with Crippen LogP contribution >= 0.6 is 15.9 Å². The van der Waals surface area contributed by atoms with E-state index in [2.05, 4.69) is 32.3 Å². The van der Waals surface area contributed by atoms with Crippen LogP contribution in [0.3, 0.4) is 0 Å². The Hall–Kier alpha value is -3.53. The van der Waals surface area contributed by atoms with Crippen LogP contribution in [0.2, 0.25) is 0 Å². The summed E-state index contributed by atoms with van der Waals surface area (Å²) in [5.41, 5.74) is 14.5. The molecule has 34 heavy (non-hydrogen) atoms. The summed E-state index contributed by atoms with van der Waals surface area (Å²) >= 11 is 3.33. The number of hydrogen-bond acceptors (Lipinski definition) is 8.